The Morgan fingerprint density at radius 1 is 1.45 bits per heavy atom. The van der Waals surface area contributed by atoms with E-state index in [0.717, 1.165) is 37.3 Å². The first kappa shape index (κ1) is 12.5. The van der Waals surface area contributed by atoms with Crippen LogP contribution in [0.2, 0.25) is 0 Å². The zero-order valence-corrected chi connectivity index (χ0v) is 12.0. The highest BCUT2D eigenvalue weighted by Crippen LogP contribution is 2.57. The normalized spacial score (nSPS) is 38.9. The quantitative estimate of drug-likeness (QED) is 0.844. The molecule has 1 saturated heterocycles. The fourth-order valence-corrected chi connectivity index (χ4v) is 4.44. The van der Waals surface area contributed by atoms with Crippen molar-refractivity contribution in [2.45, 2.75) is 42.9 Å². The van der Waals surface area contributed by atoms with Crippen molar-refractivity contribution in [2.75, 3.05) is 20.7 Å². The van der Waals surface area contributed by atoms with Gasteiger partial charge in [0.1, 0.15) is 6.10 Å². The Balaban J connectivity index is 1.85. The number of aliphatic hydroxyl groups is 1. The highest BCUT2D eigenvalue weighted by atomic mass is 16.5. The molecule has 3 aliphatic rings. The molecule has 0 amide bonds. The summed E-state index contributed by atoms with van der Waals surface area (Å²) in [4.78, 5) is 2.38. The molecule has 4 heteroatoms. The van der Waals surface area contributed by atoms with E-state index in [1.54, 1.807) is 7.11 Å². The molecule has 1 saturated carbocycles. The molecule has 0 aromatic heterocycles. The molecule has 1 aromatic rings. The summed E-state index contributed by atoms with van der Waals surface area (Å²) >= 11 is 0. The van der Waals surface area contributed by atoms with Gasteiger partial charge in [-0.25, -0.2) is 0 Å². The van der Waals surface area contributed by atoms with Crippen molar-refractivity contribution in [2.24, 2.45) is 0 Å². The number of benzene rings is 1. The zero-order chi connectivity index (χ0) is 13.9. The molecule has 2 fully saturated rings. The van der Waals surface area contributed by atoms with Crippen LogP contribution in [0.15, 0.2) is 18.2 Å². The van der Waals surface area contributed by atoms with Crippen molar-refractivity contribution >= 4 is 0 Å². The summed E-state index contributed by atoms with van der Waals surface area (Å²) in [6.45, 7) is 1.06. The van der Waals surface area contributed by atoms with Crippen LogP contribution >= 0.6 is 0 Å². The Labute approximate surface area is 119 Å². The van der Waals surface area contributed by atoms with Crippen LogP contribution in [-0.2, 0) is 5.41 Å². The molecule has 20 heavy (non-hydrogen) atoms. The van der Waals surface area contributed by atoms with Crippen molar-refractivity contribution in [3.05, 3.63) is 23.8 Å². The Morgan fingerprint density at radius 3 is 3.10 bits per heavy atom. The minimum Gasteiger partial charge on any atom is -0.493 e. The Bertz CT molecular complexity index is 547. The molecule has 1 unspecified atom stereocenters. The van der Waals surface area contributed by atoms with E-state index in [0.29, 0.717) is 6.04 Å². The van der Waals surface area contributed by atoms with E-state index in [4.69, 9.17) is 9.47 Å². The molecule has 2 bridgehead atoms. The summed E-state index contributed by atoms with van der Waals surface area (Å²) in [7, 11) is 3.83. The van der Waals surface area contributed by atoms with Gasteiger partial charge < -0.3 is 19.5 Å². The van der Waals surface area contributed by atoms with Gasteiger partial charge in [0, 0.05) is 17.0 Å². The summed E-state index contributed by atoms with van der Waals surface area (Å²) in [6, 6.07) is 6.58. The van der Waals surface area contributed by atoms with Crippen molar-refractivity contribution in [1.29, 1.82) is 0 Å². The van der Waals surface area contributed by atoms with Gasteiger partial charge in [-0.05, 0) is 38.9 Å². The van der Waals surface area contributed by atoms with Crippen molar-refractivity contribution < 1.29 is 14.6 Å². The number of hydrogen-bond acceptors (Lipinski definition) is 4. The predicted octanol–water partition coefficient (Wildman–Crippen LogP) is 1.55. The number of piperidine rings is 1. The highest BCUT2D eigenvalue weighted by Gasteiger charge is 2.58. The molecular weight excluding hydrogens is 254 g/mol. The molecule has 0 radical (unpaired) electrons. The second-order valence-corrected chi connectivity index (χ2v) is 6.42. The molecule has 4 rings (SSSR count). The van der Waals surface area contributed by atoms with Gasteiger partial charge in [-0.3, -0.25) is 0 Å². The smallest absolute Gasteiger partial charge is 0.165 e. The van der Waals surface area contributed by atoms with Crippen LogP contribution in [0.4, 0.5) is 0 Å². The molecule has 1 spiro atoms. The number of aliphatic hydroxyl groups excluding tert-OH is 1. The molecule has 1 aliphatic carbocycles. The number of rotatable bonds is 1. The number of fused-ring (bicyclic) bond motifs is 2. The van der Waals surface area contributed by atoms with Crippen molar-refractivity contribution in [3.63, 3.8) is 0 Å². The molecule has 4 nitrogen and oxygen atoms in total. The molecule has 108 valence electrons. The third kappa shape index (κ3) is 1.44. The Hall–Kier alpha value is -1.26. The van der Waals surface area contributed by atoms with Crippen LogP contribution in [-0.4, -0.2) is 49.0 Å². The first-order valence-corrected chi connectivity index (χ1v) is 7.38. The third-order valence-corrected chi connectivity index (χ3v) is 5.52. The minimum absolute atomic E-state index is 0.0291. The highest BCUT2D eigenvalue weighted by molar-refractivity contribution is 5.55. The summed E-state index contributed by atoms with van der Waals surface area (Å²) in [6.07, 6.45) is 2.42. The molecule has 1 N–H and O–H groups in total. The maximum absolute atomic E-state index is 10.5. The van der Waals surface area contributed by atoms with E-state index in [2.05, 4.69) is 18.0 Å². The number of ether oxygens (including phenoxy) is 2. The Morgan fingerprint density at radius 2 is 2.30 bits per heavy atom. The number of likely N-dealkylation sites (tertiary alicyclic amines) is 1. The maximum Gasteiger partial charge on any atom is 0.165 e. The lowest BCUT2D eigenvalue weighted by molar-refractivity contribution is -0.0786. The van der Waals surface area contributed by atoms with Gasteiger partial charge in [-0.2, -0.15) is 0 Å². The summed E-state index contributed by atoms with van der Waals surface area (Å²) in [5.74, 6) is 1.64. The van der Waals surface area contributed by atoms with Gasteiger partial charge in [0.05, 0.1) is 13.2 Å². The molecular formula is C16H21NO3. The number of hydrogen-bond donors (Lipinski definition) is 1. The number of para-hydroxylation sites is 1. The second kappa shape index (κ2) is 4.12. The van der Waals surface area contributed by atoms with Crippen LogP contribution in [0, 0.1) is 0 Å². The van der Waals surface area contributed by atoms with Crippen LogP contribution < -0.4 is 9.47 Å². The van der Waals surface area contributed by atoms with E-state index < -0.39 is 6.10 Å². The number of nitrogens with zero attached hydrogens (tertiary/aromatic N) is 1. The van der Waals surface area contributed by atoms with Gasteiger partial charge in [0.25, 0.3) is 0 Å². The maximum atomic E-state index is 10.5. The predicted molar refractivity (Wildman–Crippen MR) is 75.4 cm³/mol. The van der Waals surface area contributed by atoms with Gasteiger partial charge in [0.2, 0.25) is 0 Å². The topological polar surface area (TPSA) is 41.9 Å². The lowest BCUT2D eigenvalue weighted by atomic mass is 9.62. The SMILES string of the molecule is COc1cccc2c1O[C@H]1C(O)C[C@H]3C[C@]21CCN3C. The summed E-state index contributed by atoms with van der Waals surface area (Å²) in [5.41, 5.74) is 1.21. The van der Waals surface area contributed by atoms with Crippen LogP contribution in [0.25, 0.3) is 0 Å². The van der Waals surface area contributed by atoms with E-state index in [1.807, 2.05) is 12.1 Å². The van der Waals surface area contributed by atoms with Gasteiger partial charge in [-0.15, -0.1) is 0 Å². The average Bonchev–Trinajstić information content (AvgIpc) is 2.78. The van der Waals surface area contributed by atoms with Gasteiger partial charge >= 0.3 is 0 Å². The van der Waals surface area contributed by atoms with E-state index in [1.165, 1.54) is 5.56 Å². The van der Waals surface area contributed by atoms with Gasteiger partial charge in [0.15, 0.2) is 11.5 Å². The first-order valence-electron chi connectivity index (χ1n) is 7.38. The van der Waals surface area contributed by atoms with Crippen molar-refractivity contribution in [1.82, 2.24) is 4.90 Å². The molecule has 4 atom stereocenters. The van der Waals surface area contributed by atoms with Gasteiger partial charge in [-0.1, -0.05) is 12.1 Å². The van der Waals surface area contributed by atoms with Crippen LogP contribution in [0.3, 0.4) is 0 Å². The molecule has 2 heterocycles. The first-order chi connectivity index (χ1) is 9.65. The monoisotopic (exact) mass is 275 g/mol. The minimum atomic E-state index is -0.395. The molecule has 1 aromatic carbocycles. The molecule has 2 aliphatic heterocycles. The van der Waals surface area contributed by atoms with Crippen molar-refractivity contribution in [3.8, 4) is 11.5 Å². The second-order valence-electron chi connectivity index (χ2n) is 6.42. The third-order valence-electron chi connectivity index (χ3n) is 5.52. The van der Waals surface area contributed by atoms with E-state index in [9.17, 15) is 5.11 Å². The lowest BCUT2D eigenvalue weighted by Crippen LogP contribution is -2.61. The van der Waals surface area contributed by atoms with E-state index in [-0.39, 0.29) is 11.5 Å². The lowest BCUT2D eigenvalue weighted by Gasteiger charge is -2.51. The summed E-state index contributed by atoms with van der Waals surface area (Å²) in [5, 5.41) is 10.5. The fourth-order valence-electron chi connectivity index (χ4n) is 4.44. The van der Waals surface area contributed by atoms with Crippen LogP contribution in [0.5, 0.6) is 11.5 Å². The fraction of sp³-hybridized carbons (Fsp3) is 0.625. The summed E-state index contributed by atoms with van der Waals surface area (Å²) < 4.78 is 11.6. The van der Waals surface area contributed by atoms with Crippen LogP contribution in [0.1, 0.15) is 24.8 Å². The zero-order valence-electron chi connectivity index (χ0n) is 12.0. The average molecular weight is 275 g/mol. The Kier molecular flexibility index (Phi) is 2.57. The largest absolute Gasteiger partial charge is 0.493 e. The number of methoxy groups -OCH3 is 1. The van der Waals surface area contributed by atoms with E-state index >= 15 is 0 Å². The standard InChI is InChI=1S/C16H21NO3/c1-17-7-6-16-9-10(17)8-12(18)15(16)20-14-11(16)4-3-5-13(14)19-2/h3-5,10,12,15,18H,6-9H2,1-2H3/t10-,12?,15-,16+/m0/s1.